The summed E-state index contributed by atoms with van der Waals surface area (Å²) in [6.45, 7) is 0.380. The highest BCUT2D eigenvalue weighted by atomic mass is 35.5. The number of rotatable bonds is 5. The van der Waals surface area contributed by atoms with Crippen molar-refractivity contribution < 1.29 is 9.53 Å². The van der Waals surface area contributed by atoms with E-state index in [1.54, 1.807) is 6.20 Å². The lowest BCUT2D eigenvalue weighted by Crippen LogP contribution is -2.13. The number of pyridine rings is 1. The third-order valence-electron chi connectivity index (χ3n) is 4.24. The van der Waals surface area contributed by atoms with Gasteiger partial charge in [0.15, 0.2) is 0 Å². The van der Waals surface area contributed by atoms with Gasteiger partial charge in [-0.15, -0.1) is 0 Å². The van der Waals surface area contributed by atoms with Crippen LogP contribution in [0.5, 0.6) is 5.75 Å². The van der Waals surface area contributed by atoms with Crippen LogP contribution in [-0.2, 0) is 11.4 Å². The molecule has 126 valence electrons. The fourth-order valence-electron chi connectivity index (χ4n) is 2.73. The summed E-state index contributed by atoms with van der Waals surface area (Å²) in [6, 6.07) is 15.0. The van der Waals surface area contributed by atoms with Crippen LogP contribution < -0.4 is 10.1 Å². The third kappa shape index (κ3) is 3.59. The van der Waals surface area contributed by atoms with Crippen LogP contribution in [0.25, 0.3) is 10.9 Å². The number of carbonyl (C=O) groups excluding carboxylic acids is 1. The highest BCUT2D eigenvalue weighted by Crippen LogP contribution is 2.31. The van der Waals surface area contributed by atoms with Gasteiger partial charge in [0, 0.05) is 39.8 Å². The Balaban J connectivity index is 1.50. The molecule has 1 amide bonds. The molecule has 1 N–H and O–H groups in total. The second kappa shape index (κ2) is 6.73. The highest BCUT2D eigenvalue weighted by molar-refractivity contribution is 6.35. The van der Waals surface area contributed by atoms with Crippen molar-refractivity contribution in [3.63, 3.8) is 0 Å². The van der Waals surface area contributed by atoms with Gasteiger partial charge in [-0.2, -0.15) is 0 Å². The molecule has 1 fully saturated rings. The van der Waals surface area contributed by atoms with Crippen LogP contribution in [0.1, 0.15) is 18.4 Å². The summed E-state index contributed by atoms with van der Waals surface area (Å²) >= 11 is 6.22. The van der Waals surface area contributed by atoms with E-state index in [0.29, 0.717) is 17.4 Å². The Morgan fingerprint density at radius 3 is 2.92 bits per heavy atom. The molecule has 4 nitrogen and oxygen atoms in total. The number of aromatic nitrogens is 1. The molecule has 0 spiro atoms. The average Bonchev–Trinajstić information content (AvgIpc) is 3.47. The van der Waals surface area contributed by atoms with Crippen LogP contribution in [0.4, 0.5) is 5.69 Å². The Hall–Kier alpha value is -2.59. The number of nitrogens with zero attached hydrogens (tertiary/aromatic N) is 1. The zero-order chi connectivity index (χ0) is 17.2. The van der Waals surface area contributed by atoms with Gasteiger partial charge in [-0.05, 0) is 43.2 Å². The quantitative estimate of drug-likeness (QED) is 0.716. The van der Waals surface area contributed by atoms with Crippen LogP contribution in [0.3, 0.4) is 0 Å². The Kier molecular flexibility index (Phi) is 4.28. The lowest BCUT2D eigenvalue weighted by Gasteiger charge is -2.11. The first-order valence-electron chi connectivity index (χ1n) is 8.26. The molecule has 1 saturated carbocycles. The average molecular weight is 353 g/mol. The molecular formula is C20H17ClN2O2. The first-order chi connectivity index (χ1) is 12.2. The molecule has 25 heavy (non-hydrogen) atoms. The molecule has 0 aliphatic heterocycles. The molecule has 3 aromatic rings. The van der Waals surface area contributed by atoms with Crippen molar-refractivity contribution in [3.05, 3.63) is 65.3 Å². The minimum Gasteiger partial charge on any atom is -0.489 e. The van der Waals surface area contributed by atoms with Gasteiger partial charge in [-0.3, -0.25) is 9.78 Å². The Morgan fingerprint density at radius 2 is 2.08 bits per heavy atom. The Morgan fingerprint density at radius 1 is 1.20 bits per heavy atom. The molecule has 0 saturated heterocycles. The maximum Gasteiger partial charge on any atom is 0.227 e. The highest BCUT2D eigenvalue weighted by Gasteiger charge is 2.29. The maximum absolute atomic E-state index is 11.9. The number of amides is 1. The normalized spacial score (nSPS) is 13.6. The van der Waals surface area contributed by atoms with E-state index in [1.807, 2.05) is 48.5 Å². The fourth-order valence-corrected chi connectivity index (χ4v) is 2.94. The van der Waals surface area contributed by atoms with Crippen LogP contribution >= 0.6 is 11.6 Å². The molecule has 4 rings (SSSR count). The predicted octanol–water partition coefficient (Wildman–Crippen LogP) is 4.82. The zero-order valence-corrected chi connectivity index (χ0v) is 14.3. The largest absolute Gasteiger partial charge is 0.489 e. The molecule has 1 heterocycles. The molecule has 2 aromatic carbocycles. The molecule has 0 radical (unpaired) electrons. The number of carbonyl (C=O) groups is 1. The van der Waals surface area contributed by atoms with E-state index in [9.17, 15) is 4.79 Å². The van der Waals surface area contributed by atoms with Crippen LogP contribution in [0, 0.1) is 5.92 Å². The van der Waals surface area contributed by atoms with Gasteiger partial charge in [0.1, 0.15) is 12.4 Å². The van der Waals surface area contributed by atoms with Crippen molar-refractivity contribution in [3.8, 4) is 5.75 Å². The minimum absolute atomic E-state index is 0.0880. The molecule has 0 bridgehead atoms. The van der Waals surface area contributed by atoms with Gasteiger partial charge in [0.05, 0.1) is 5.52 Å². The van der Waals surface area contributed by atoms with E-state index < -0.39 is 0 Å². The van der Waals surface area contributed by atoms with Gasteiger partial charge in [0.25, 0.3) is 0 Å². The topological polar surface area (TPSA) is 51.2 Å². The van der Waals surface area contributed by atoms with E-state index in [-0.39, 0.29) is 11.8 Å². The van der Waals surface area contributed by atoms with Crippen LogP contribution in [-0.4, -0.2) is 10.9 Å². The molecule has 5 heteroatoms. The van der Waals surface area contributed by atoms with Crippen molar-refractivity contribution in [2.45, 2.75) is 19.4 Å². The Labute approximate surface area is 150 Å². The van der Waals surface area contributed by atoms with Crippen molar-refractivity contribution in [1.29, 1.82) is 0 Å². The predicted molar refractivity (Wildman–Crippen MR) is 98.9 cm³/mol. The van der Waals surface area contributed by atoms with E-state index in [0.717, 1.165) is 35.0 Å². The van der Waals surface area contributed by atoms with Crippen molar-refractivity contribution >= 4 is 34.1 Å². The molecule has 1 aliphatic rings. The van der Waals surface area contributed by atoms with Crippen LogP contribution in [0.2, 0.25) is 5.02 Å². The number of ether oxygens (including phenoxy) is 1. The lowest BCUT2D eigenvalue weighted by atomic mass is 10.1. The second-order valence-electron chi connectivity index (χ2n) is 6.19. The van der Waals surface area contributed by atoms with Gasteiger partial charge in [-0.1, -0.05) is 23.7 Å². The molecule has 0 unspecified atom stereocenters. The lowest BCUT2D eigenvalue weighted by molar-refractivity contribution is -0.117. The molecule has 1 aromatic heterocycles. The summed E-state index contributed by atoms with van der Waals surface area (Å²) in [6.07, 6.45) is 3.72. The fraction of sp³-hybridized carbons (Fsp3) is 0.200. The third-order valence-corrected chi connectivity index (χ3v) is 4.57. The van der Waals surface area contributed by atoms with E-state index in [2.05, 4.69) is 10.3 Å². The summed E-state index contributed by atoms with van der Waals surface area (Å²) in [5.41, 5.74) is 2.56. The van der Waals surface area contributed by atoms with Gasteiger partial charge in [-0.25, -0.2) is 0 Å². The van der Waals surface area contributed by atoms with E-state index in [4.69, 9.17) is 16.3 Å². The standard InChI is InChI=1S/C20H17ClN2O2/c21-18-9-8-14(19-17(18)5-2-10-22-19)12-25-16-4-1-3-15(11-16)23-20(24)13-6-7-13/h1-5,8-11,13H,6-7,12H2,(H,23,24). The van der Waals surface area contributed by atoms with E-state index in [1.165, 1.54) is 0 Å². The number of hydrogen-bond acceptors (Lipinski definition) is 3. The number of hydrogen-bond donors (Lipinski definition) is 1. The van der Waals surface area contributed by atoms with Crippen LogP contribution in [0.15, 0.2) is 54.7 Å². The number of fused-ring (bicyclic) bond motifs is 1. The van der Waals surface area contributed by atoms with Crippen molar-refractivity contribution in [1.82, 2.24) is 4.98 Å². The molecule has 0 atom stereocenters. The van der Waals surface area contributed by atoms with Gasteiger partial charge >= 0.3 is 0 Å². The molecule has 1 aliphatic carbocycles. The van der Waals surface area contributed by atoms with E-state index >= 15 is 0 Å². The second-order valence-corrected chi connectivity index (χ2v) is 6.59. The minimum atomic E-state index is 0.0880. The van der Waals surface area contributed by atoms with Gasteiger partial charge in [0.2, 0.25) is 5.91 Å². The number of benzene rings is 2. The number of halogens is 1. The smallest absolute Gasteiger partial charge is 0.227 e. The summed E-state index contributed by atoms with van der Waals surface area (Å²) in [5.74, 6) is 0.966. The number of nitrogens with one attached hydrogen (secondary N) is 1. The summed E-state index contributed by atoms with van der Waals surface area (Å²) in [4.78, 5) is 16.3. The monoisotopic (exact) mass is 352 g/mol. The SMILES string of the molecule is O=C(Nc1cccc(OCc2ccc(Cl)c3cccnc23)c1)C1CC1. The zero-order valence-electron chi connectivity index (χ0n) is 13.5. The first-order valence-corrected chi connectivity index (χ1v) is 8.64. The summed E-state index contributed by atoms with van der Waals surface area (Å²) in [7, 11) is 0. The summed E-state index contributed by atoms with van der Waals surface area (Å²) < 4.78 is 5.90. The maximum atomic E-state index is 11.9. The number of anilines is 1. The first kappa shape index (κ1) is 15.9. The van der Waals surface area contributed by atoms with Gasteiger partial charge < -0.3 is 10.1 Å². The summed E-state index contributed by atoms with van der Waals surface area (Å²) in [5, 5.41) is 4.52. The Bertz CT molecular complexity index is 938. The molecular weight excluding hydrogens is 336 g/mol. The van der Waals surface area contributed by atoms with Crippen molar-refractivity contribution in [2.24, 2.45) is 5.92 Å². The van der Waals surface area contributed by atoms with Crippen molar-refractivity contribution in [2.75, 3.05) is 5.32 Å².